The number of hydrogen-bond donors (Lipinski definition) is 0. The van der Waals surface area contributed by atoms with E-state index < -0.39 is 11.6 Å². The molecule has 0 unspecified atom stereocenters. The van der Waals surface area contributed by atoms with Crippen molar-refractivity contribution in [2.45, 2.75) is 19.4 Å². The van der Waals surface area contributed by atoms with E-state index in [1.54, 1.807) is 23.9 Å². The molecule has 0 radical (unpaired) electrons. The van der Waals surface area contributed by atoms with Gasteiger partial charge in [-0.15, -0.1) is 0 Å². The number of imidazole rings is 1. The number of para-hydroxylation sites is 1. The molecule has 1 aromatic heterocycles. The fraction of sp³-hybridized carbons (Fsp3) is 0.273. The lowest BCUT2D eigenvalue weighted by Crippen LogP contribution is -2.20. The molecule has 1 aliphatic rings. The van der Waals surface area contributed by atoms with Crippen molar-refractivity contribution in [3.63, 3.8) is 0 Å². The van der Waals surface area contributed by atoms with E-state index >= 15 is 0 Å². The van der Waals surface area contributed by atoms with Gasteiger partial charge in [-0.2, -0.15) is 4.39 Å². The molecule has 0 atom stereocenters. The summed E-state index contributed by atoms with van der Waals surface area (Å²) in [6.07, 6.45) is 4.41. The van der Waals surface area contributed by atoms with E-state index in [0.717, 1.165) is 31.8 Å². The number of rotatable bonds is 6. The molecule has 0 bridgehead atoms. The van der Waals surface area contributed by atoms with Gasteiger partial charge in [-0.3, -0.25) is 9.69 Å². The first-order valence-electron chi connectivity index (χ1n) is 9.62. The van der Waals surface area contributed by atoms with Crippen LogP contribution in [0.5, 0.6) is 11.5 Å². The lowest BCUT2D eigenvalue weighted by Gasteiger charge is -2.15. The highest BCUT2D eigenvalue weighted by molar-refractivity contribution is 6.32. The lowest BCUT2D eigenvalue weighted by atomic mass is 10.1. The van der Waals surface area contributed by atoms with Crippen LogP contribution in [0, 0.1) is 11.6 Å². The van der Waals surface area contributed by atoms with Crippen molar-refractivity contribution in [1.29, 1.82) is 0 Å². The normalized spacial score (nSPS) is 14.3. The molecular weight excluding hydrogens is 412 g/mol. The minimum atomic E-state index is -1.16. The van der Waals surface area contributed by atoms with Crippen molar-refractivity contribution in [2.75, 3.05) is 13.1 Å². The van der Waals surface area contributed by atoms with Crippen LogP contribution in [-0.4, -0.2) is 33.8 Å². The molecule has 8 heteroatoms. The van der Waals surface area contributed by atoms with Gasteiger partial charge in [-0.05, 0) is 50.2 Å². The average molecular weight is 432 g/mol. The molecule has 1 fully saturated rings. The van der Waals surface area contributed by atoms with Gasteiger partial charge in [0, 0.05) is 12.6 Å². The molecule has 0 amide bonds. The van der Waals surface area contributed by atoms with Crippen LogP contribution in [0.25, 0.3) is 11.3 Å². The number of halogens is 3. The summed E-state index contributed by atoms with van der Waals surface area (Å²) in [4.78, 5) is 17.9. The van der Waals surface area contributed by atoms with E-state index in [4.69, 9.17) is 16.3 Å². The van der Waals surface area contributed by atoms with Gasteiger partial charge in [0.2, 0.25) is 5.82 Å². The molecule has 2 heterocycles. The Hall–Kier alpha value is -2.77. The van der Waals surface area contributed by atoms with E-state index in [2.05, 4.69) is 9.88 Å². The number of hydrogen-bond acceptors (Lipinski definition) is 4. The highest BCUT2D eigenvalue weighted by Gasteiger charge is 2.22. The van der Waals surface area contributed by atoms with Crippen LogP contribution in [0.2, 0.25) is 5.02 Å². The van der Waals surface area contributed by atoms with Gasteiger partial charge in [0.15, 0.2) is 23.6 Å². The third-order valence-corrected chi connectivity index (χ3v) is 5.60. The Morgan fingerprint density at radius 2 is 1.93 bits per heavy atom. The first-order chi connectivity index (χ1) is 14.5. The van der Waals surface area contributed by atoms with E-state index in [1.807, 2.05) is 0 Å². The van der Waals surface area contributed by atoms with Gasteiger partial charge < -0.3 is 9.30 Å². The maximum Gasteiger partial charge on any atom is 0.201 e. The number of likely N-dealkylation sites (tertiary alicyclic amines) is 1. The van der Waals surface area contributed by atoms with Crippen LogP contribution in [-0.2, 0) is 13.6 Å². The largest absolute Gasteiger partial charge is 0.452 e. The Morgan fingerprint density at radius 1 is 1.17 bits per heavy atom. The topological polar surface area (TPSA) is 47.4 Å². The molecule has 1 saturated heterocycles. The second-order valence-corrected chi connectivity index (χ2v) is 7.63. The fourth-order valence-corrected chi connectivity index (χ4v) is 3.85. The van der Waals surface area contributed by atoms with E-state index in [-0.39, 0.29) is 27.6 Å². The van der Waals surface area contributed by atoms with Crippen LogP contribution in [0.4, 0.5) is 8.78 Å². The molecule has 1 aliphatic heterocycles. The van der Waals surface area contributed by atoms with E-state index in [0.29, 0.717) is 18.5 Å². The molecule has 0 aliphatic carbocycles. The zero-order chi connectivity index (χ0) is 21.3. The Labute approximate surface area is 177 Å². The zero-order valence-electron chi connectivity index (χ0n) is 16.4. The van der Waals surface area contributed by atoms with Crippen LogP contribution in [0.3, 0.4) is 0 Å². The predicted octanol–water partition coefficient (Wildman–Crippen LogP) is 5.22. The van der Waals surface area contributed by atoms with Crippen molar-refractivity contribution in [3.8, 4) is 22.8 Å². The zero-order valence-corrected chi connectivity index (χ0v) is 17.1. The first kappa shape index (κ1) is 20.5. The number of aldehydes is 1. The van der Waals surface area contributed by atoms with Crippen LogP contribution < -0.4 is 4.74 Å². The van der Waals surface area contributed by atoms with Gasteiger partial charge in [-0.25, -0.2) is 9.37 Å². The van der Waals surface area contributed by atoms with Gasteiger partial charge in [0.1, 0.15) is 5.82 Å². The number of ether oxygens (including phenoxy) is 1. The highest BCUT2D eigenvalue weighted by Crippen LogP contribution is 2.36. The Kier molecular flexibility index (Phi) is 5.83. The predicted molar refractivity (Wildman–Crippen MR) is 110 cm³/mol. The molecule has 30 heavy (non-hydrogen) atoms. The summed E-state index contributed by atoms with van der Waals surface area (Å²) in [5.74, 6) is -1.80. The van der Waals surface area contributed by atoms with Crippen molar-refractivity contribution in [3.05, 3.63) is 64.6 Å². The van der Waals surface area contributed by atoms with Gasteiger partial charge in [0.05, 0.1) is 29.0 Å². The highest BCUT2D eigenvalue weighted by atomic mass is 35.5. The third kappa shape index (κ3) is 3.82. The molecule has 5 nitrogen and oxygen atoms in total. The summed E-state index contributed by atoms with van der Waals surface area (Å²) >= 11 is 6.06. The molecule has 4 rings (SSSR count). The van der Waals surface area contributed by atoms with Crippen molar-refractivity contribution in [1.82, 2.24) is 14.5 Å². The minimum absolute atomic E-state index is 0.0198. The number of aromatic nitrogens is 2. The van der Waals surface area contributed by atoms with E-state index in [1.165, 1.54) is 24.3 Å². The van der Waals surface area contributed by atoms with Crippen molar-refractivity contribution >= 4 is 17.9 Å². The third-order valence-electron chi connectivity index (χ3n) is 5.31. The maximum atomic E-state index is 14.9. The van der Waals surface area contributed by atoms with Crippen LogP contribution in [0.15, 0.2) is 36.5 Å². The van der Waals surface area contributed by atoms with Crippen molar-refractivity contribution in [2.24, 2.45) is 7.05 Å². The first-order valence-corrected chi connectivity index (χ1v) is 10.00. The monoisotopic (exact) mass is 431 g/mol. The molecule has 2 aromatic carbocycles. The van der Waals surface area contributed by atoms with Gasteiger partial charge in [-0.1, -0.05) is 17.7 Å². The maximum absolute atomic E-state index is 14.9. The Bertz CT molecular complexity index is 1090. The molecule has 0 spiro atoms. The minimum Gasteiger partial charge on any atom is -0.452 e. The summed E-state index contributed by atoms with van der Waals surface area (Å²) in [5, 5.41) is 0.127. The number of benzene rings is 2. The second kappa shape index (κ2) is 8.53. The average Bonchev–Trinajstić information content (AvgIpc) is 3.38. The molecule has 0 saturated carbocycles. The van der Waals surface area contributed by atoms with Gasteiger partial charge >= 0.3 is 0 Å². The van der Waals surface area contributed by atoms with Gasteiger partial charge in [0.25, 0.3) is 0 Å². The SMILES string of the molecule is Cn1c(-c2ccc(Oc3c(Cl)cccc3C=O)c(F)c2F)cnc1CN1CCCC1. The number of nitrogens with zero attached hydrogens (tertiary/aromatic N) is 3. The summed E-state index contributed by atoms with van der Waals surface area (Å²) in [5.41, 5.74) is 0.695. The number of carbonyl (C=O) groups is 1. The second-order valence-electron chi connectivity index (χ2n) is 7.22. The summed E-state index contributed by atoms with van der Waals surface area (Å²) in [6.45, 7) is 2.70. The lowest BCUT2D eigenvalue weighted by molar-refractivity contribution is 0.112. The Morgan fingerprint density at radius 3 is 2.67 bits per heavy atom. The molecule has 3 aromatic rings. The quantitative estimate of drug-likeness (QED) is 0.502. The molecule has 0 N–H and O–H groups in total. The van der Waals surface area contributed by atoms with E-state index in [9.17, 15) is 13.6 Å². The van der Waals surface area contributed by atoms with Crippen molar-refractivity contribution < 1.29 is 18.3 Å². The summed E-state index contributed by atoms with van der Waals surface area (Å²) < 4.78 is 36.9. The standard InChI is InChI=1S/C22H20ClF2N3O2/c1-27-17(11-26-19(27)12-28-9-2-3-10-28)15-7-8-18(21(25)20(15)24)30-22-14(13-29)5-4-6-16(22)23/h4-8,11,13H,2-3,9-10,12H2,1H3. The summed E-state index contributed by atoms with van der Waals surface area (Å²) in [7, 11) is 1.79. The number of carbonyl (C=O) groups excluding carboxylic acids is 1. The molecule has 156 valence electrons. The van der Waals surface area contributed by atoms with Crippen LogP contribution >= 0.6 is 11.6 Å². The van der Waals surface area contributed by atoms with Crippen LogP contribution in [0.1, 0.15) is 29.0 Å². The summed E-state index contributed by atoms with van der Waals surface area (Å²) in [6, 6.07) is 7.31. The Balaban J connectivity index is 1.64. The smallest absolute Gasteiger partial charge is 0.201 e. The fourth-order valence-electron chi connectivity index (χ4n) is 3.63. The molecular formula is C22H20ClF2N3O2.